The van der Waals surface area contributed by atoms with Crippen molar-refractivity contribution in [1.29, 1.82) is 0 Å². The molecule has 1 unspecified atom stereocenters. The molecule has 1 aliphatic heterocycles. The first-order valence-electron chi connectivity index (χ1n) is 7.36. The molecule has 1 fully saturated rings. The van der Waals surface area contributed by atoms with Gasteiger partial charge in [-0.05, 0) is 50.3 Å². The fourth-order valence-electron chi connectivity index (χ4n) is 2.95. The van der Waals surface area contributed by atoms with Crippen LogP contribution >= 0.6 is 0 Å². The van der Waals surface area contributed by atoms with Crippen molar-refractivity contribution >= 4 is 5.91 Å². The van der Waals surface area contributed by atoms with Gasteiger partial charge in [-0.25, -0.2) is 0 Å². The van der Waals surface area contributed by atoms with E-state index in [1.54, 1.807) is 0 Å². The lowest BCUT2D eigenvalue weighted by molar-refractivity contribution is 0.0607. The Labute approximate surface area is 115 Å². The lowest BCUT2D eigenvalue weighted by Crippen LogP contribution is -2.43. The Morgan fingerprint density at radius 2 is 2.16 bits per heavy atom. The average Bonchev–Trinajstić information content (AvgIpc) is 2.47. The normalized spacial score (nSPS) is 19.5. The van der Waals surface area contributed by atoms with E-state index in [0.717, 1.165) is 43.4 Å². The minimum atomic E-state index is 0.190. The average molecular weight is 260 g/mol. The molecule has 19 heavy (non-hydrogen) atoms. The number of amides is 1. The summed E-state index contributed by atoms with van der Waals surface area (Å²) in [6.07, 6.45) is 5.33. The number of nitrogens with two attached hydrogens (primary N) is 1. The second-order valence-electron chi connectivity index (χ2n) is 5.25. The molecule has 0 aliphatic carbocycles. The summed E-state index contributed by atoms with van der Waals surface area (Å²) in [7, 11) is 0. The number of carbonyl (C=O) groups excluding carboxylic acids is 1. The van der Waals surface area contributed by atoms with Crippen LogP contribution in [0.15, 0.2) is 24.3 Å². The molecule has 104 valence electrons. The van der Waals surface area contributed by atoms with E-state index in [1.807, 2.05) is 24.3 Å². The number of benzene rings is 1. The summed E-state index contributed by atoms with van der Waals surface area (Å²) in [6.45, 7) is 3.65. The van der Waals surface area contributed by atoms with E-state index in [1.165, 1.54) is 6.42 Å². The summed E-state index contributed by atoms with van der Waals surface area (Å²) in [5.41, 5.74) is 7.56. The topological polar surface area (TPSA) is 46.3 Å². The van der Waals surface area contributed by atoms with E-state index >= 15 is 0 Å². The number of hydrogen-bond acceptors (Lipinski definition) is 2. The third-order valence-corrected chi connectivity index (χ3v) is 4.02. The molecule has 1 amide bonds. The third-order valence-electron chi connectivity index (χ3n) is 4.02. The van der Waals surface area contributed by atoms with Crippen molar-refractivity contribution in [2.75, 3.05) is 13.1 Å². The van der Waals surface area contributed by atoms with Crippen molar-refractivity contribution in [3.8, 4) is 0 Å². The molecule has 1 aromatic carbocycles. The SMILES string of the molecule is CCC1CCCCN1C(=O)c1ccccc1CCN. The van der Waals surface area contributed by atoms with Crippen molar-refractivity contribution < 1.29 is 4.79 Å². The summed E-state index contributed by atoms with van der Waals surface area (Å²) in [6, 6.07) is 8.29. The highest BCUT2D eigenvalue weighted by atomic mass is 16.2. The van der Waals surface area contributed by atoms with E-state index in [2.05, 4.69) is 11.8 Å². The summed E-state index contributed by atoms with van der Waals surface area (Å²) >= 11 is 0. The maximum absolute atomic E-state index is 12.7. The highest BCUT2D eigenvalue weighted by molar-refractivity contribution is 5.96. The van der Waals surface area contributed by atoms with Gasteiger partial charge >= 0.3 is 0 Å². The van der Waals surface area contributed by atoms with Gasteiger partial charge in [0.25, 0.3) is 5.91 Å². The second kappa shape index (κ2) is 6.71. The molecule has 3 nitrogen and oxygen atoms in total. The zero-order valence-corrected chi connectivity index (χ0v) is 11.8. The van der Waals surface area contributed by atoms with Crippen molar-refractivity contribution in [2.24, 2.45) is 5.73 Å². The van der Waals surface area contributed by atoms with Crippen LogP contribution in [0.2, 0.25) is 0 Å². The zero-order chi connectivity index (χ0) is 13.7. The van der Waals surface area contributed by atoms with Crippen LogP contribution in [0.25, 0.3) is 0 Å². The molecule has 0 radical (unpaired) electrons. The minimum absolute atomic E-state index is 0.190. The van der Waals surface area contributed by atoms with Crippen LogP contribution < -0.4 is 5.73 Å². The van der Waals surface area contributed by atoms with Gasteiger partial charge in [0.2, 0.25) is 0 Å². The lowest BCUT2D eigenvalue weighted by Gasteiger charge is -2.35. The zero-order valence-electron chi connectivity index (χ0n) is 11.8. The van der Waals surface area contributed by atoms with Crippen LogP contribution in [-0.2, 0) is 6.42 Å². The van der Waals surface area contributed by atoms with Gasteiger partial charge in [0.1, 0.15) is 0 Å². The largest absolute Gasteiger partial charge is 0.336 e. The standard InChI is InChI=1S/C16H24N2O/c1-2-14-8-5-6-12-18(14)16(19)15-9-4-3-7-13(15)10-11-17/h3-4,7,9,14H,2,5-6,8,10-12,17H2,1H3. The predicted octanol–water partition coefficient (Wildman–Crippen LogP) is 2.59. The molecule has 2 rings (SSSR count). The Balaban J connectivity index is 2.22. The fraction of sp³-hybridized carbons (Fsp3) is 0.562. The molecule has 1 saturated heterocycles. The molecule has 3 heteroatoms. The van der Waals surface area contributed by atoms with Crippen LogP contribution in [0.1, 0.15) is 48.5 Å². The lowest BCUT2D eigenvalue weighted by atomic mass is 9.97. The molecule has 1 heterocycles. The van der Waals surface area contributed by atoms with Crippen LogP contribution in [0.4, 0.5) is 0 Å². The quantitative estimate of drug-likeness (QED) is 0.904. The molecular formula is C16H24N2O. The number of carbonyl (C=O) groups is 1. The van der Waals surface area contributed by atoms with Crippen LogP contribution in [0, 0.1) is 0 Å². The molecular weight excluding hydrogens is 236 g/mol. The van der Waals surface area contributed by atoms with E-state index < -0.39 is 0 Å². The summed E-state index contributed by atoms with van der Waals surface area (Å²) in [4.78, 5) is 14.8. The first kappa shape index (κ1) is 14.1. The monoisotopic (exact) mass is 260 g/mol. The fourth-order valence-corrected chi connectivity index (χ4v) is 2.95. The Hall–Kier alpha value is -1.35. The van der Waals surface area contributed by atoms with E-state index in [0.29, 0.717) is 12.6 Å². The summed E-state index contributed by atoms with van der Waals surface area (Å²) in [5, 5.41) is 0. The van der Waals surface area contributed by atoms with Gasteiger partial charge in [0.15, 0.2) is 0 Å². The molecule has 1 aliphatic rings. The van der Waals surface area contributed by atoms with Crippen molar-refractivity contribution in [2.45, 2.75) is 45.1 Å². The Morgan fingerprint density at radius 3 is 2.89 bits per heavy atom. The first-order chi connectivity index (χ1) is 9.27. The smallest absolute Gasteiger partial charge is 0.254 e. The number of hydrogen-bond donors (Lipinski definition) is 1. The van der Waals surface area contributed by atoms with Crippen molar-refractivity contribution in [3.05, 3.63) is 35.4 Å². The summed E-state index contributed by atoms with van der Waals surface area (Å²) in [5.74, 6) is 0.190. The molecule has 0 spiro atoms. The Kier molecular flexibility index (Phi) is 4.97. The van der Waals surface area contributed by atoms with E-state index in [-0.39, 0.29) is 5.91 Å². The molecule has 0 bridgehead atoms. The van der Waals surface area contributed by atoms with Gasteiger partial charge < -0.3 is 10.6 Å². The molecule has 1 aromatic rings. The summed E-state index contributed by atoms with van der Waals surface area (Å²) < 4.78 is 0. The Bertz CT molecular complexity index is 431. The maximum atomic E-state index is 12.7. The van der Waals surface area contributed by atoms with Gasteiger partial charge in [0.05, 0.1) is 0 Å². The number of nitrogens with zero attached hydrogens (tertiary/aromatic N) is 1. The highest BCUT2D eigenvalue weighted by Crippen LogP contribution is 2.23. The van der Waals surface area contributed by atoms with Gasteiger partial charge in [-0.1, -0.05) is 25.1 Å². The van der Waals surface area contributed by atoms with Gasteiger partial charge in [-0.15, -0.1) is 0 Å². The number of piperidine rings is 1. The van der Waals surface area contributed by atoms with Crippen molar-refractivity contribution in [3.63, 3.8) is 0 Å². The molecule has 0 saturated carbocycles. The van der Waals surface area contributed by atoms with E-state index in [4.69, 9.17) is 5.73 Å². The van der Waals surface area contributed by atoms with Gasteiger partial charge in [0, 0.05) is 18.2 Å². The number of likely N-dealkylation sites (tertiary alicyclic amines) is 1. The molecule has 0 aromatic heterocycles. The van der Waals surface area contributed by atoms with Crippen LogP contribution in [-0.4, -0.2) is 29.9 Å². The molecule has 2 N–H and O–H groups in total. The Morgan fingerprint density at radius 1 is 1.37 bits per heavy atom. The van der Waals surface area contributed by atoms with E-state index in [9.17, 15) is 4.79 Å². The molecule has 1 atom stereocenters. The maximum Gasteiger partial charge on any atom is 0.254 e. The predicted molar refractivity (Wildman–Crippen MR) is 78.2 cm³/mol. The minimum Gasteiger partial charge on any atom is -0.336 e. The van der Waals surface area contributed by atoms with Crippen LogP contribution in [0.5, 0.6) is 0 Å². The highest BCUT2D eigenvalue weighted by Gasteiger charge is 2.27. The number of rotatable bonds is 4. The third kappa shape index (κ3) is 3.16. The van der Waals surface area contributed by atoms with Crippen LogP contribution in [0.3, 0.4) is 0 Å². The van der Waals surface area contributed by atoms with Gasteiger partial charge in [-0.2, -0.15) is 0 Å². The van der Waals surface area contributed by atoms with Crippen molar-refractivity contribution in [1.82, 2.24) is 4.90 Å². The second-order valence-corrected chi connectivity index (χ2v) is 5.25. The van der Waals surface area contributed by atoms with Gasteiger partial charge in [-0.3, -0.25) is 4.79 Å². The first-order valence-corrected chi connectivity index (χ1v) is 7.36.